The van der Waals surface area contributed by atoms with Gasteiger partial charge < -0.3 is 4.74 Å². The van der Waals surface area contributed by atoms with E-state index in [-0.39, 0.29) is 4.90 Å². The van der Waals surface area contributed by atoms with Gasteiger partial charge in [0.2, 0.25) is 10.9 Å². The Hall–Kier alpha value is -3.04. The third-order valence-electron chi connectivity index (χ3n) is 4.18. The molecule has 0 unspecified atom stereocenters. The molecule has 0 aromatic heterocycles. The summed E-state index contributed by atoms with van der Waals surface area (Å²) in [6, 6.07) is 19.1. The van der Waals surface area contributed by atoms with Crippen LogP contribution in [0, 0.1) is 6.92 Å². The van der Waals surface area contributed by atoms with Gasteiger partial charge >= 0.3 is 0 Å². The van der Waals surface area contributed by atoms with E-state index in [9.17, 15) is 16.8 Å². The minimum atomic E-state index is -3.78. The molecule has 0 atom stereocenters. The lowest BCUT2D eigenvalue weighted by atomic mass is 10.2. The maximum atomic E-state index is 12.5. The summed E-state index contributed by atoms with van der Waals surface area (Å²) in [4.78, 5) is 0.0892. The van der Waals surface area contributed by atoms with Crippen LogP contribution in [0.3, 0.4) is 0 Å². The molecule has 9 heteroatoms. The molecule has 0 radical (unpaired) electrons. The molecule has 0 fully saturated rings. The highest BCUT2D eigenvalue weighted by Crippen LogP contribution is 2.28. The smallest absolute Gasteiger partial charge is 0.261 e. The molecular weight excluding hydrogens is 412 g/mol. The number of hydrogen-bond donors (Lipinski definition) is 2. The minimum absolute atomic E-state index is 0.0892. The van der Waals surface area contributed by atoms with E-state index in [4.69, 9.17) is 4.74 Å². The summed E-state index contributed by atoms with van der Waals surface area (Å²) in [5, 5.41) is 0. The summed E-state index contributed by atoms with van der Waals surface area (Å²) in [6.45, 7) is 1.91. The molecule has 0 aliphatic rings. The van der Waals surface area contributed by atoms with Crippen molar-refractivity contribution in [1.29, 1.82) is 0 Å². The third kappa shape index (κ3) is 4.87. The lowest BCUT2D eigenvalue weighted by molar-refractivity contribution is 0.414. The number of thiol groups is 1. The molecule has 0 saturated carbocycles. The summed E-state index contributed by atoms with van der Waals surface area (Å²) in [7, 11) is -5.21. The summed E-state index contributed by atoms with van der Waals surface area (Å²) >= 11 is 0. The molecule has 0 heterocycles. The number of methoxy groups -OCH3 is 1. The molecule has 0 bridgehead atoms. The molecule has 1 N–H and O–H groups in total. The predicted molar refractivity (Wildman–Crippen MR) is 114 cm³/mol. The van der Waals surface area contributed by atoms with E-state index in [2.05, 4.69) is 4.72 Å². The maximum absolute atomic E-state index is 12.5. The molecule has 0 aliphatic heterocycles. The van der Waals surface area contributed by atoms with Crippen LogP contribution < -0.4 is 13.8 Å². The Morgan fingerprint density at radius 3 is 1.83 bits per heavy atom. The largest absolute Gasteiger partial charge is 0.497 e. The number of ether oxygens (including phenoxy) is 1. The summed E-state index contributed by atoms with van der Waals surface area (Å²) < 4.78 is 57.3. The van der Waals surface area contributed by atoms with E-state index in [0.717, 1.165) is 9.87 Å². The number of rotatable bonds is 7. The van der Waals surface area contributed by atoms with E-state index in [1.807, 2.05) is 19.1 Å². The van der Waals surface area contributed by atoms with Crippen molar-refractivity contribution in [1.82, 2.24) is 0 Å². The van der Waals surface area contributed by atoms with Crippen LogP contribution in [0.25, 0.3) is 0 Å². The normalized spacial score (nSPS) is 11.3. The molecule has 152 valence electrons. The highest BCUT2D eigenvalue weighted by Gasteiger charge is 2.16. The lowest BCUT2D eigenvalue weighted by Gasteiger charge is -2.18. The number of nitrogens with one attached hydrogen (secondary N) is 1. The van der Waals surface area contributed by atoms with Gasteiger partial charge in [-0.25, -0.2) is 21.1 Å². The van der Waals surface area contributed by atoms with Gasteiger partial charge in [-0.2, -0.15) is 0 Å². The highest BCUT2D eigenvalue weighted by molar-refractivity contribution is 7.92. The molecule has 29 heavy (non-hydrogen) atoms. The lowest BCUT2D eigenvalue weighted by Crippen LogP contribution is -2.15. The SMILES string of the molecule is COc1ccc(S(=O)(=O)Nc2ccc(N(c3ccc(C)cc3)[SH](=O)=O)cc2)cc1. The van der Waals surface area contributed by atoms with E-state index < -0.39 is 20.9 Å². The molecule has 0 amide bonds. The molecule has 0 saturated heterocycles. The quantitative estimate of drug-likeness (QED) is 0.558. The van der Waals surface area contributed by atoms with E-state index in [0.29, 0.717) is 22.8 Å². The molecule has 3 aromatic carbocycles. The molecular formula is C20H20N2O5S2. The van der Waals surface area contributed by atoms with Crippen LogP contribution in [0.15, 0.2) is 77.7 Å². The first-order valence-electron chi connectivity index (χ1n) is 8.58. The number of hydrogen-bond acceptors (Lipinski definition) is 5. The van der Waals surface area contributed by atoms with Gasteiger partial charge in [0.25, 0.3) is 10.0 Å². The standard InChI is InChI=1S/C20H20N2O5S2/c1-15-3-7-17(8-4-15)22(28(23)24)18-9-5-16(6-10-18)21-29(25,26)20-13-11-19(27-2)12-14-20/h3-14,21,28H,1-2H3. The van der Waals surface area contributed by atoms with Crippen LogP contribution in [-0.2, 0) is 20.9 Å². The Balaban J connectivity index is 1.83. The molecule has 0 aliphatic carbocycles. The van der Waals surface area contributed by atoms with Crippen LogP contribution in [-0.4, -0.2) is 23.9 Å². The fourth-order valence-electron chi connectivity index (χ4n) is 2.66. The predicted octanol–water partition coefficient (Wildman–Crippen LogP) is 3.47. The summed E-state index contributed by atoms with van der Waals surface area (Å²) in [5.41, 5.74) is 2.23. The average molecular weight is 433 g/mol. The molecule has 7 nitrogen and oxygen atoms in total. The van der Waals surface area contributed by atoms with Gasteiger partial charge in [-0.1, -0.05) is 17.7 Å². The van der Waals surface area contributed by atoms with E-state index in [1.165, 1.54) is 43.5 Å². The zero-order valence-corrected chi connectivity index (χ0v) is 17.5. The fourth-order valence-corrected chi connectivity index (χ4v) is 4.37. The van der Waals surface area contributed by atoms with Gasteiger partial charge in [-0.3, -0.25) is 4.72 Å². The van der Waals surface area contributed by atoms with Crippen molar-refractivity contribution in [3.8, 4) is 5.75 Å². The van der Waals surface area contributed by atoms with Crippen molar-refractivity contribution in [2.75, 3.05) is 16.1 Å². The van der Waals surface area contributed by atoms with Crippen LogP contribution in [0.4, 0.5) is 17.1 Å². The van der Waals surface area contributed by atoms with Crippen molar-refractivity contribution in [2.24, 2.45) is 0 Å². The van der Waals surface area contributed by atoms with Crippen molar-refractivity contribution in [2.45, 2.75) is 11.8 Å². The van der Waals surface area contributed by atoms with Gasteiger partial charge in [0.15, 0.2) is 0 Å². The number of nitrogens with zero attached hydrogens (tertiary/aromatic N) is 1. The van der Waals surface area contributed by atoms with Crippen LogP contribution in [0.5, 0.6) is 5.75 Å². The third-order valence-corrected chi connectivity index (χ3v) is 6.36. The first-order valence-corrected chi connectivity index (χ1v) is 11.2. The molecule has 3 aromatic rings. The Kier molecular flexibility index (Phi) is 6.09. The molecule has 3 rings (SSSR count). The van der Waals surface area contributed by atoms with Crippen molar-refractivity contribution < 1.29 is 21.6 Å². The Morgan fingerprint density at radius 1 is 0.828 bits per heavy atom. The number of sulfonamides is 1. The first-order chi connectivity index (χ1) is 13.8. The average Bonchev–Trinajstić information content (AvgIpc) is 2.70. The minimum Gasteiger partial charge on any atom is -0.497 e. The zero-order valence-electron chi connectivity index (χ0n) is 15.8. The topological polar surface area (TPSA) is 92.8 Å². The van der Waals surface area contributed by atoms with Crippen molar-refractivity contribution in [3.63, 3.8) is 0 Å². The van der Waals surface area contributed by atoms with E-state index in [1.54, 1.807) is 24.3 Å². The Labute approximate surface area is 171 Å². The van der Waals surface area contributed by atoms with Gasteiger partial charge in [0.05, 0.1) is 23.4 Å². The van der Waals surface area contributed by atoms with Crippen LogP contribution in [0.1, 0.15) is 5.56 Å². The van der Waals surface area contributed by atoms with Gasteiger partial charge in [0.1, 0.15) is 5.75 Å². The second-order valence-electron chi connectivity index (χ2n) is 6.21. The first kappa shape index (κ1) is 20.7. The molecule has 0 spiro atoms. The van der Waals surface area contributed by atoms with Gasteiger partial charge in [-0.15, -0.1) is 0 Å². The van der Waals surface area contributed by atoms with Gasteiger partial charge in [-0.05, 0) is 67.6 Å². The summed E-state index contributed by atoms with van der Waals surface area (Å²) in [6.07, 6.45) is 0. The van der Waals surface area contributed by atoms with Crippen LogP contribution >= 0.6 is 0 Å². The van der Waals surface area contributed by atoms with Crippen LogP contribution in [0.2, 0.25) is 0 Å². The fraction of sp³-hybridized carbons (Fsp3) is 0.100. The van der Waals surface area contributed by atoms with Gasteiger partial charge in [0, 0.05) is 5.69 Å². The second-order valence-corrected chi connectivity index (χ2v) is 8.77. The monoisotopic (exact) mass is 432 g/mol. The Bertz CT molecular complexity index is 1150. The van der Waals surface area contributed by atoms with Crippen molar-refractivity contribution >= 4 is 38.0 Å². The number of benzene rings is 3. The summed E-state index contributed by atoms with van der Waals surface area (Å²) in [5.74, 6) is 0.552. The van der Waals surface area contributed by atoms with Crippen molar-refractivity contribution in [3.05, 3.63) is 78.4 Å². The highest BCUT2D eigenvalue weighted by atomic mass is 32.2. The second kappa shape index (κ2) is 8.54. The Morgan fingerprint density at radius 2 is 1.34 bits per heavy atom. The van der Waals surface area contributed by atoms with E-state index >= 15 is 0 Å². The number of aryl methyl sites for hydroxylation is 1. The zero-order chi connectivity index (χ0) is 21.0. The maximum Gasteiger partial charge on any atom is 0.261 e. The number of anilines is 3.